The zero-order valence-electron chi connectivity index (χ0n) is 16.0. The quantitative estimate of drug-likeness (QED) is 0.381. The number of thiophene rings is 1. The molecule has 0 fully saturated rings. The van der Waals surface area contributed by atoms with Crippen molar-refractivity contribution in [2.45, 2.75) is 53.6 Å². The number of hydrogen-bond acceptors (Lipinski definition) is 3. The normalized spacial score (nSPS) is 12.6. The Kier molecular flexibility index (Phi) is 8.92. The van der Waals surface area contributed by atoms with Gasteiger partial charge in [-0.05, 0) is 46.8 Å². The van der Waals surface area contributed by atoms with Crippen LogP contribution in [0, 0.1) is 20.8 Å². The fraction of sp³-hybridized carbons (Fsp3) is 0.556. The molecule has 2 aromatic heterocycles. The Labute approximate surface area is 172 Å². The maximum absolute atomic E-state index is 4.75. The van der Waals surface area contributed by atoms with E-state index in [1.807, 2.05) is 30.0 Å². The van der Waals surface area contributed by atoms with Gasteiger partial charge in [-0.3, -0.25) is 4.68 Å². The monoisotopic (exact) mass is 475 g/mol. The van der Waals surface area contributed by atoms with Gasteiger partial charge in [0.2, 0.25) is 0 Å². The fourth-order valence-corrected chi connectivity index (χ4v) is 3.72. The average molecular weight is 475 g/mol. The summed E-state index contributed by atoms with van der Waals surface area (Å²) >= 11 is 1.86. The van der Waals surface area contributed by atoms with Crippen molar-refractivity contribution in [3.05, 3.63) is 38.8 Å². The molecule has 2 heterocycles. The predicted molar refractivity (Wildman–Crippen MR) is 118 cm³/mol. The summed E-state index contributed by atoms with van der Waals surface area (Å²) in [6.07, 6.45) is 1.01. The summed E-state index contributed by atoms with van der Waals surface area (Å²) in [4.78, 5) is 7.52. The van der Waals surface area contributed by atoms with E-state index in [2.05, 4.69) is 55.6 Å². The average Bonchev–Trinajstić information content (AvgIpc) is 3.01. The Bertz CT molecular complexity index is 704. The van der Waals surface area contributed by atoms with E-state index in [1.165, 1.54) is 21.0 Å². The molecule has 140 valence electrons. The second-order valence-corrected chi connectivity index (χ2v) is 7.60. The predicted octanol–water partition coefficient (Wildman–Crippen LogP) is 3.71. The smallest absolute Gasteiger partial charge is 0.191 e. The van der Waals surface area contributed by atoms with Gasteiger partial charge in [-0.15, -0.1) is 35.3 Å². The summed E-state index contributed by atoms with van der Waals surface area (Å²) in [7, 11) is 1.98. The van der Waals surface area contributed by atoms with Gasteiger partial charge in [0.1, 0.15) is 0 Å². The van der Waals surface area contributed by atoms with E-state index >= 15 is 0 Å². The van der Waals surface area contributed by atoms with E-state index in [0.717, 1.165) is 24.6 Å². The molecule has 0 aromatic carbocycles. The van der Waals surface area contributed by atoms with E-state index in [1.54, 1.807) is 0 Å². The molecule has 5 nitrogen and oxygen atoms in total. The van der Waals surface area contributed by atoms with Crippen molar-refractivity contribution in [2.24, 2.45) is 12.0 Å². The van der Waals surface area contributed by atoms with Crippen LogP contribution >= 0.6 is 35.3 Å². The van der Waals surface area contributed by atoms with E-state index in [-0.39, 0.29) is 24.0 Å². The molecule has 2 aromatic rings. The lowest BCUT2D eigenvalue weighted by molar-refractivity contribution is 0.645. The van der Waals surface area contributed by atoms with E-state index in [9.17, 15) is 0 Å². The van der Waals surface area contributed by atoms with Gasteiger partial charge in [0.25, 0.3) is 0 Å². The molecule has 0 saturated heterocycles. The number of aromatic nitrogens is 2. The summed E-state index contributed by atoms with van der Waals surface area (Å²) in [6.45, 7) is 12.1. The second kappa shape index (κ2) is 10.2. The number of aryl methyl sites for hydroxylation is 3. The molecule has 0 bridgehead atoms. The van der Waals surface area contributed by atoms with Gasteiger partial charge in [-0.25, -0.2) is 4.99 Å². The van der Waals surface area contributed by atoms with Crippen LogP contribution in [0.3, 0.4) is 0 Å². The van der Waals surface area contributed by atoms with Crippen LogP contribution in [0.4, 0.5) is 0 Å². The molecule has 1 unspecified atom stereocenters. The molecule has 2 N–H and O–H groups in total. The Morgan fingerprint density at radius 3 is 2.56 bits per heavy atom. The highest BCUT2D eigenvalue weighted by Crippen LogP contribution is 2.17. The van der Waals surface area contributed by atoms with Gasteiger partial charge in [0.15, 0.2) is 5.96 Å². The number of aliphatic imine (C=N–C) groups is 1. The molecular weight excluding hydrogens is 445 g/mol. The zero-order chi connectivity index (χ0) is 17.7. The first-order valence-electron chi connectivity index (χ1n) is 8.50. The van der Waals surface area contributed by atoms with Crippen LogP contribution in [0.15, 0.2) is 17.1 Å². The van der Waals surface area contributed by atoms with Gasteiger partial charge in [0.05, 0.1) is 12.2 Å². The number of nitrogens with zero attached hydrogens (tertiary/aromatic N) is 3. The third kappa shape index (κ3) is 6.29. The van der Waals surface area contributed by atoms with Crippen LogP contribution < -0.4 is 10.6 Å². The van der Waals surface area contributed by atoms with Crippen LogP contribution in [-0.2, 0) is 20.0 Å². The number of rotatable bonds is 6. The molecule has 0 aliphatic carbocycles. The van der Waals surface area contributed by atoms with Gasteiger partial charge < -0.3 is 10.6 Å². The minimum atomic E-state index is 0. The lowest BCUT2D eigenvalue weighted by Gasteiger charge is -2.17. The number of guanidine groups is 1. The van der Waals surface area contributed by atoms with Crippen molar-refractivity contribution in [1.82, 2.24) is 20.4 Å². The molecule has 0 saturated carbocycles. The fourth-order valence-electron chi connectivity index (χ4n) is 2.71. The highest BCUT2D eigenvalue weighted by Gasteiger charge is 2.11. The Morgan fingerprint density at radius 2 is 2.04 bits per heavy atom. The highest BCUT2D eigenvalue weighted by molar-refractivity contribution is 14.0. The van der Waals surface area contributed by atoms with Crippen molar-refractivity contribution in [2.75, 3.05) is 6.54 Å². The molecule has 0 aliphatic heterocycles. The van der Waals surface area contributed by atoms with Gasteiger partial charge in [0, 0.05) is 47.1 Å². The summed E-state index contributed by atoms with van der Waals surface area (Å²) in [5, 5.41) is 11.3. The van der Waals surface area contributed by atoms with E-state index in [4.69, 9.17) is 4.99 Å². The van der Waals surface area contributed by atoms with Gasteiger partial charge in [-0.1, -0.05) is 0 Å². The lowest BCUT2D eigenvalue weighted by Crippen LogP contribution is -2.43. The highest BCUT2D eigenvalue weighted by atomic mass is 127. The first-order chi connectivity index (χ1) is 11.4. The van der Waals surface area contributed by atoms with Crippen LogP contribution in [0.1, 0.15) is 40.6 Å². The second-order valence-electron chi connectivity index (χ2n) is 6.23. The summed E-state index contributed by atoms with van der Waals surface area (Å²) in [6, 6.07) is 4.72. The molecule has 0 aliphatic rings. The standard InChI is InChI=1S/C18H29N5S.HI/c1-7-19-18(20-11-17-14(4)22-23(6)15(17)5)21-12(2)10-16-9-8-13(3)24-16;/h8-9,12H,7,10-11H2,1-6H3,(H2,19,20,21);1H. The Morgan fingerprint density at radius 1 is 1.32 bits per heavy atom. The SMILES string of the molecule is CCNC(=NCc1c(C)nn(C)c1C)NC(C)Cc1ccc(C)s1.I. The Balaban J connectivity index is 0.00000312. The minimum absolute atomic E-state index is 0. The topological polar surface area (TPSA) is 54.2 Å². The lowest BCUT2D eigenvalue weighted by atomic mass is 10.2. The van der Waals surface area contributed by atoms with Gasteiger partial charge in [-0.2, -0.15) is 5.10 Å². The largest absolute Gasteiger partial charge is 0.357 e. The number of hydrogen-bond donors (Lipinski definition) is 2. The van der Waals surface area contributed by atoms with Crippen LogP contribution in [0.25, 0.3) is 0 Å². The number of halogens is 1. The van der Waals surface area contributed by atoms with Crippen molar-refractivity contribution in [3.63, 3.8) is 0 Å². The third-order valence-corrected chi connectivity index (χ3v) is 5.11. The van der Waals surface area contributed by atoms with Crippen molar-refractivity contribution in [3.8, 4) is 0 Å². The van der Waals surface area contributed by atoms with Crippen molar-refractivity contribution in [1.29, 1.82) is 0 Å². The van der Waals surface area contributed by atoms with Crippen LogP contribution in [0.5, 0.6) is 0 Å². The zero-order valence-corrected chi connectivity index (χ0v) is 19.2. The van der Waals surface area contributed by atoms with E-state index in [0.29, 0.717) is 12.6 Å². The minimum Gasteiger partial charge on any atom is -0.357 e. The number of nitrogens with one attached hydrogen (secondary N) is 2. The first kappa shape index (κ1) is 22.0. The summed E-state index contributed by atoms with van der Waals surface area (Å²) in [5.41, 5.74) is 3.43. The third-order valence-electron chi connectivity index (χ3n) is 4.08. The maximum atomic E-state index is 4.75. The molecule has 0 radical (unpaired) electrons. The van der Waals surface area contributed by atoms with Crippen molar-refractivity contribution < 1.29 is 0 Å². The summed E-state index contributed by atoms with van der Waals surface area (Å²) in [5.74, 6) is 0.862. The molecule has 0 spiro atoms. The van der Waals surface area contributed by atoms with E-state index < -0.39 is 0 Å². The first-order valence-corrected chi connectivity index (χ1v) is 9.31. The molecular formula is C18H30IN5S. The summed E-state index contributed by atoms with van der Waals surface area (Å²) < 4.78 is 1.92. The molecule has 25 heavy (non-hydrogen) atoms. The molecule has 7 heteroatoms. The Hall–Kier alpha value is -1.09. The molecule has 0 amide bonds. The molecule has 2 rings (SSSR count). The molecule has 1 atom stereocenters. The maximum Gasteiger partial charge on any atom is 0.191 e. The van der Waals surface area contributed by atoms with Crippen LogP contribution in [-0.4, -0.2) is 28.3 Å². The van der Waals surface area contributed by atoms with Gasteiger partial charge >= 0.3 is 0 Å². The van der Waals surface area contributed by atoms with Crippen molar-refractivity contribution >= 4 is 41.3 Å². The van der Waals surface area contributed by atoms with Crippen LogP contribution in [0.2, 0.25) is 0 Å².